The topological polar surface area (TPSA) is 30.2 Å². The minimum Gasteiger partial charge on any atom is -0.295 e. The first-order valence-corrected chi connectivity index (χ1v) is 7.31. The highest BCUT2D eigenvalue weighted by atomic mass is 19.4. The van der Waals surface area contributed by atoms with E-state index in [1.807, 2.05) is 24.3 Å². The second kappa shape index (κ2) is 5.46. The third-order valence-corrected chi connectivity index (χ3v) is 4.36. The Balaban J connectivity index is 1.88. The summed E-state index contributed by atoms with van der Waals surface area (Å²) in [5, 5.41) is 0. The number of hydrogen-bond donors (Lipinski definition) is 0. The minimum atomic E-state index is -4.16. The van der Waals surface area contributed by atoms with E-state index >= 15 is 0 Å². The minimum absolute atomic E-state index is 0.0425. The van der Waals surface area contributed by atoms with Gasteiger partial charge in [0.05, 0.1) is 23.6 Å². The maximum absolute atomic E-state index is 12.9. The zero-order chi connectivity index (χ0) is 15.9. The number of aryl methyl sites for hydroxylation is 1. The Hall–Kier alpha value is -1.76. The van der Waals surface area contributed by atoms with Crippen LogP contribution in [0.15, 0.2) is 29.1 Å². The molecule has 7 heteroatoms. The monoisotopic (exact) mass is 313 g/mol. The normalized spacial score (nSPS) is 20.6. The van der Waals surface area contributed by atoms with Crippen LogP contribution >= 0.6 is 0 Å². The molecule has 3 rings (SSSR count). The van der Waals surface area contributed by atoms with Crippen LogP contribution in [0.2, 0.25) is 0 Å². The van der Waals surface area contributed by atoms with Crippen molar-refractivity contribution in [2.45, 2.75) is 25.7 Å². The van der Waals surface area contributed by atoms with Gasteiger partial charge in [0, 0.05) is 13.6 Å². The number of nitrogens with zero attached hydrogens (tertiary/aromatic N) is 3. The van der Waals surface area contributed by atoms with E-state index in [1.165, 1.54) is 4.57 Å². The van der Waals surface area contributed by atoms with Crippen molar-refractivity contribution in [2.75, 3.05) is 13.1 Å². The molecule has 0 amide bonds. The van der Waals surface area contributed by atoms with Gasteiger partial charge in [0.2, 0.25) is 0 Å². The number of fused-ring (bicyclic) bond motifs is 1. The first kappa shape index (κ1) is 15.1. The average Bonchev–Trinajstić information content (AvgIpc) is 2.72. The van der Waals surface area contributed by atoms with Gasteiger partial charge in [-0.3, -0.25) is 14.0 Å². The lowest BCUT2D eigenvalue weighted by molar-refractivity contribution is -0.188. The molecule has 1 fully saturated rings. The number of likely N-dealkylation sites (tertiary alicyclic amines) is 1. The summed E-state index contributed by atoms with van der Waals surface area (Å²) < 4.78 is 41.7. The highest BCUT2D eigenvalue weighted by Crippen LogP contribution is 2.33. The molecule has 0 bridgehead atoms. The van der Waals surface area contributed by atoms with Gasteiger partial charge < -0.3 is 0 Å². The van der Waals surface area contributed by atoms with Crippen molar-refractivity contribution in [3.8, 4) is 0 Å². The smallest absolute Gasteiger partial charge is 0.295 e. The largest absolute Gasteiger partial charge is 0.393 e. The lowest BCUT2D eigenvalue weighted by Gasteiger charge is -2.33. The van der Waals surface area contributed by atoms with E-state index in [9.17, 15) is 18.0 Å². The maximum atomic E-state index is 12.9. The van der Waals surface area contributed by atoms with E-state index in [0.29, 0.717) is 13.0 Å². The van der Waals surface area contributed by atoms with Gasteiger partial charge in [-0.05, 0) is 31.5 Å². The highest BCUT2D eigenvalue weighted by molar-refractivity contribution is 5.75. The number of benzene rings is 1. The van der Waals surface area contributed by atoms with Crippen LogP contribution in [0.3, 0.4) is 0 Å². The van der Waals surface area contributed by atoms with Crippen LogP contribution in [0.4, 0.5) is 13.2 Å². The molecule has 0 saturated carbocycles. The summed E-state index contributed by atoms with van der Waals surface area (Å²) in [6.07, 6.45) is -3.49. The lowest BCUT2D eigenvalue weighted by Crippen LogP contribution is -2.43. The van der Waals surface area contributed by atoms with Crippen LogP contribution in [-0.2, 0) is 13.7 Å². The zero-order valence-corrected chi connectivity index (χ0v) is 12.3. The predicted octanol–water partition coefficient (Wildman–Crippen LogP) is 2.57. The number of imidazole rings is 1. The highest BCUT2D eigenvalue weighted by Gasteiger charge is 2.41. The Morgan fingerprint density at radius 2 is 1.91 bits per heavy atom. The van der Waals surface area contributed by atoms with Crippen LogP contribution in [-0.4, -0.2) is 33.3 Å². The fourth-order valence-corrected chi connectivity index (χ4v) is 3.15. The number of aromatic nitrogens is 2. The number of halogens is 3. The van der Waals surface area contributed by atoms with Crippen LogP contribution in [0.1, 0.15) is 12.8 Å². The molecule has 120 valence electrons. The molecule has 1 aromatic heterocycles. The Morgan fingerprint density at radius 3 is 2.59 bits per heavy atom. The van der Waals surface area contributed by atoms with E-state index < -0.39 is 12.1 Å². The summed E-state index contributed by atoms with van der Waals surface area (Å²) >= 11 is 0. The molecule has 2 heterocycles. The third-order valence-electron chi connectivity index (χ3n) is 4.36. The summed E-state index contributed by atoms with van der Waals surface area (Å²) in [5.74, 6) is -1.30. The average molecular weight is 313 g/mol. The van der Waals surface area contributed by atoms with E-state index in [4.69, 9.17) is 0 Å². The van der Waals surface area contributed by atoms with E-state index in [2.05, 4.69) is 0 Å². The van der Waals surface area contributed by atoms with Crippen molar-refractivity contribution >= 4 is 11.0 Å². The van der Waals surface area contributed by atoms with Gasteiger partial charge in [-0.25, -0.2) is 4.79 Å². The van der Waals surface area contributed by atoms with E-state index in [0.717, 1.165) is 11.0 Å². The molecule has 22 heavy (non-hydrogen) atoms. The molecule has 0 unspecified atom stereocenters. The van der Waals surface area contributed by atoms with Gasteiger partial charge in [0.1, 0.15) is 0 Å². The molecular formula is C15H18F3N3O. The third kappa shape index (κ3) is 2.65. The molecule has 2 aromatic rings. The Labute approximate surface area is 125 Å². The van der Waals surface area contributed by atoms with Gasteiger partial charge in [0.25, 0.3) is 0 Å². The van der Waals surface area contributed by atoms with Gasteiger partial charge in [-0.1, -0.05) is 12.1 Å². The van der Waals surface area contributed by atoms with E-state index in [1.54, 1.807) is 16.5 Å². The number of alkyl halides is 3. The number of piperidine rings is 1. The quantitative estimate of drug-likeness (QED) is 0.853. The lowest BCUT2D eigenvalue weighted by atomic mass is 9.98. The molecular weight excluding hydrogens is 295 g/mol. The Morgan fingerprint density at radius 1 is 1.23 bits per heavy atom. The predicted molar refractivity (Wildman–Crippen MR) is 77.5 cm³/mol. The Kier molecular flexibility index (Phi) is 3.76. The molecule has 1 aromatic carbocycles. The molecule has 1 aliphatic rings. The molecule has 0 spiro atoms. The molecule has 1 aliphatic heterocycles. The zero-order valence-electron chi connectivity index (χ0n) is 12.3. The first-order valence-electron chi connectivity index (χ1n) is 7.31. The van der Waals surface area contributed by atoms with Gasteiger partial charge in [0.15, 0.2) is 0 Å². The standard InChI is InChI=1S/C15H18F3N3O/c1-19-12-6-2-3-7-13(12)21(14(19)22)10-20-8-4-5-11(9-20)15(16,17)18/h2-3,6-7,11H,4-5,8-10H2,1H3/t11-/m0/s1. The van der Waals surface area contributed by atoms with Gasteiger partial charge >= 0.3 is 11.9 Å². The molecule has 4 nitrogen and oxygen atoms in total. The SMILES string of the molecule is Cn1c(=O)n(CN2CCC[C@H](C(F)(F)F)C2)c2ccccc21. The van der Waals surface area contributed by atoms with Crippen LogP contribution in [0.5, 0.6) is 0 Å². The summed E-state index contributed by atoms with van der Waals surface area (Å²) in [7, 11) is 1.68. The van der Waals surface area contributed by atoms with Gasteiger partial charge in [-0.2, -0.15) is 13.2 Å². The van der Waals surface area contributed by atoms with Crippen LogP contribution in [0, 0.1) is 5.92 Å². The van der Waals surface area contributed by atoms with Crippen molar-refractivity contribution in [3.05, 3.63) is 34.7 Å². The van der Waals surface area contributed by atoms with Crippen molar-refractivity contribution < 1.29 is 13.2 Å². The fourth-order valence-electron chi connectivity index (χ4n) is 3.15. The summed E-state index contributed by atoms with van der Waals surface area (Å²) in [4.78, 5) is 14.0. The molecule has 0 radical (unpaired) electrons. The van der Waals surface area contributed by atoms with Gasteiger partial charge in [-0.15, -0.1) is 0 Å². The van der Waals surface area contributed by atoms with Crippen molar-refractivity contribution in [1.82, 2.24) is 14.0 Å². The summed E-state index contributed by atoms with van der Waals surface area (Å²) in [5.41, 5.74) is 1.34. The molecule has 1 atom stereocenters. The first-order chi connectivity index (χ1) is 10.4. The molecule has 1 saturated heterocycles. The van der Waals surface area contributed by atoms with Crippen molar-refractivity contribution in [2.24, 2.45) is 13.0 Å². The molecule has 0 aliphatic carbocycles. The number of para-hydroxylation sites is 2. The second-order valence-electron chi connectivity index (χ2n) is 5.86. The fraction of sp³-hybridized carbons (Fsp3) is 0.533. The van der Waals surface area contributed by atoms with E-state index in [-0.39, 0.29) is 25.3 Å². The van der Waals surface area contributed by atoms with Crippen molar-refractivity contribution in [3.63, 3.8) is 0 Å². The second-order valence-corrected chi connectivity index (χ2v) is 5.86. The molecule has 0 N–H and O–H groups in total. The summed E-state index contributed by atoms with van der Waals surface area (Å²) in [6.45, 7) is 0.744. The number of rotatable bonds is 2. The summed E-state index contributed by atoms with van der Waals surface area (Å²) in [6, 6.07) is 7.32. The van der Waals surface area contributed by atoms with Crippen LogP contribution < -0.4 is 5.69 Å². The van der Waals surface area contributed by atoms with Crippen LogP contribution in [0.25, 0.3) is 11.0 Å². The Bertz CT molecular complexity index is 732. The van der Waals surface area contributed by atoms with Crippen molar-refractivity contribution in [1.29, 1.82) is 0 Å². The number of hydrogen-bond acceptors (Lipinski definition) is 2. The maximum Gasteiger partial charge on any atom is 0.393 e.